The van der Waals surface area contributed by atoms with Crippen molar-refractivity contribution in [1.82, 2.24) is 4.98 Å². The third-order valence-electron chi connectivity index (χ3n) is 4.21. The highest BCUT2D eigenvalue weighted by Gasteiger charge is 2.12. The van der Waals surface area contributed by atoms with Crippen LogP contribution in [-0.4, -0.2) is 23.9 Å². The van der Waals surface area contributed by atoms with Crippen molar-refractivity contribution in [3.63, 3.8) is 0 Å². The molecule has 1 aromatic heterocycles. The Morgan fingerprint density at radius 2 is 1.96 bits per heavy atom. The van der Waals surface area contributed by atoms with Crippen LogP contribution in [0.2, 0.25) is 0 Å². The lowest BCUT2D eigenvalue weighted by molar-refractivity contribution is 0.0996. The molecule has 2 N–H and O–H groups in total. The smallest absolute Gasteiger partial charge is 0.267 e. The van der Waals surface area contributed by atoms with Crippen LogP contribution >= 0.6 is 0 Å². The van der Waals surface area contributed by atoms with E-state index in [1.54, 1.807) is 24.4 Å². The summed E-state index contributed by atoms with van der Waals surface area (Å²) in [6, 6.07) is 13.6. The highest BCUT2D eigenvalue weighted by Crippen LogP contribution is 2.30. The van der Waals surface area contributed by atoms with Crippen LogP contribution in [0, 0.1) is 5.82 Å². The van der Waals surface area contributed by atoms with Crippen LogP contribution in [0.3, 0.4) is 0 Å². The largest absolute Gasteiger partial charge is 0.364 e. The minimum Gasteiger partial charge on any atom is -0.364 e. The number of fused-ring (bicyclic) bond motifs is 1. The molecular formula is C22H19FN4O. The number of carbonyl (C=O) groups is 1. The molecule has 1 amide bonds. The molecule has 0 bridgehead atoms. The van der Waals surface area contributed by atoms with Crippen LogP contribution in [0.25, 0.3) is 22.0 Å². The van der Waals surface area contributed by atoms with Crippen LogP contribution in [0.15, 0.2) is 70.3 Å². The van der Waals surface area contributed by atoms with Crippen molar-refractivity contribution in [1.29, 1.82) is 0 Å². The standard InChI is InChI=1S/C22H19FN4O/c1-14(12-26-13-25-2)9-15-3-8-18-19(16-4-6-17(23)7-5-16)11-21(22(24)28)27-20(18)10-15/h3-8,10-13H,2,9H2,1H3,(H2,24,28)/b14-12+,26-13?. The molecule has 2 aromatic carbocycles. The fourth-order valence-corrected chi connectivity index (χ4v) is 2.95. The zero-order chi connectivity index (χ0) is 20.1. The summed E-state index contributed by atoms with van der Waals surface area (Å²) in [7, 11) is 0. The van der Waals surface area contributed by atoms with Gasteiger partial charge in [-0.1, -0.05) is 29.8 Å². The lowest BCUT2D eigenvalue weighted by atomic mass is 9.97. The molecule has 6 heteroatoms. The molecule has 0 unspecified atom stereocenters. The van der Waals surface area contributed by atoms with E-state index in [9.17, 15) is 9.18 Å². The lowest BCUT2D eigenvalue weighted by Crippen LogP contribution is -2.13. The summed E-state index contributed by atoms with van der Waals surface area (Å²) in [6.45, 7) is 5.30. The van der Waals surface area contributed by atoms with Gasteiger partial charge in [-0.2, -0.15) is 0 Å². The second kappa shape index (κ2) is 8.35. The Hall–Kier alpha value is -3.67. The summed E-state index contributed by atoms with van der Waals surface area (Å²) in [5, 5.41) is 0.857. The number of nitrogens with zero attached hydrogens (tertiary/aromatic N) is 3. The molecule has 5 nitrogen and oxygen atoms in total. The first-order valence-electron chi connectivity index (χ1n) is 8.60. The van der Waals surface area contributed by atoms with Gasteiger partial charge in [0.25, 0.3) is 5.91 Å². The molecule has 28 heavy (non-hydrogen) atoms. The molecular weight excluding hydrogens is 355 g/mol. The summed E-state index contributed by atoms with van der Waals surface area (Å²) in [5.74, 6) is -0.936. The minimum atomic E-state index is -0.613. The molecule has 3 rings (SSSR count). The molecule has 3 aromatic rings. The number of rotatable bonds is 6. The average molecular weight is 374 g/mol. The predicted octanol–water partition coefficient (Wildman–Crippen LogP) is 4.32. The molecule has 0 spiro atoms. The molecule has 0 saturated heterocycles. The Morgan fingerprint density at radius 1 is 1.21 bits per heavy atom. The third-order valence-corrected chi connectivity index (χ3v) is 4.21. The van der Waals surface area contributed by atoms with Gasteiger partial charge in [0.2, 0.25) is 0 Å². The summed E-state index contributed by atoms with van der Waals surface area (Å²) < 4.78 is 13.3. The van der Waals surface area contributed by atoms with Crippen molar-refractivity contribution in [2.75, 3.05) is 0 Å². The molecule has 0 saturated carbocycles. The minimum absolute atomic E-state index is 0.165. The number of hydrogen-bond donors (Lipinski definition) is 1. The van der Waals surface area contributed by atoms with Crippen molar-refractivity contribution in [3.8, 4) is 11.1 Å². The fourth-order valence-electron chi connectivity index (χ4n) is 2.95. The van der Waals surface area contributed by atoms with E-state index in [4.69, 9.17) is 5.73 Å². The number of carbonyl (C=O) groups excluding carboxylic acids is 1. The maximum absolute atomic E-state index is 13.3. The molecule has 0 aliphatic rings. The number of hydrogen-bond acceptors (Lipinski definition) is 3. The Labute approximate surface area is 162 Å². The predicted molar refractivity (Wildman–Crippen MR) is 111 cm³/mol. The van der Waals surface area contributed by atoms with E-state index in [0.717, 1.165) is 27.6 Å². The number of aromatic nitrogens is 1. The Morgan fingerprint density at radius 3 is 2.64 bits per heavy atom. The van der Waals surface area contributed by atoms with Gasteiger partial charge in [0, 0.05) is 11.6 Å². The van der Waals surface area contributed by atoms with Gasteiger partial charge in [-0.3, -0.25) is 9.79 Å². The van der Waals surface area contributed by atoms with E-state index in [1.165, 1.54) is 18.5 Å². The van der Waals surface area contributed by atoms with Crippen LogP contribution in [0.5, 0.6) is 0 Å². The van der Waals surface area contributed by atoms with Crippen molar-refractivity contribution in [2.24, 2.45) is 15.7 Å². The number of halogens is 1. The van der Waals surface area contributed by atoms with Gasteiger partial charge >= 0.3 is 0 Å². The topological polar surface area (TPSA) is 80.7 Å². The van der Waals surface area contributed by atoms with Gasteiger partial charge < -0.3 is 5.73 Å². The third kappa shape index (κ3) is 4.35. The van der Waals surface area contributed by atoms with E-state index >= 15 is 0 Å². The van der Waals surface area contributed by atoms with Crippen LogP contribution in [0.1, 0.15) is 23.0 Å². The first-order valence-corrected chi connectivity index (χ1v) is 8.60. The van der Waals surface area contributed by atoms with E-state index in [2.05, 4.69) is 21.7 Å². The van der Waals surface area contributed by atoms with Crippen molar-refractivity contribution < 1.29 is 9.18 Å². The Bertz CT molecular complexity index is 1100. The number of pyridine rings is 1. The summed E-state index contributed by atoms with van der Waals surface area (Å²) in [4.78, 5) is 23.7. The zero-order valence-corrected chi connectivity index (χ0v) is 15.4. The van der Waals surface area contributed by atoms with E-state index in [0.29, 0.717) is 11.9 Å². The molecule has 140 valence electrons. The van der Waals surface area contributed by atoms with Gasteiger partial charge in [-0.05, 0) is 61.0 Å². The second-order valence-electron chi connectivity index (χ2n) is 6.38. The lowest BCUT2D eigenvalue weighted by Gasteiger charge is -2.10. The molecule has 0 atom stereocenters. The number of allylic oxidation sites excluding steroid dienone is 1. The number of amides is 1. The van der Waals surface area contributed by atoms with Crippen LogP contribution in [0.4, 0.5) is 4.39 Å². The summed E-state index contributed by atoms with van der Waals surface area (Å²) >= 11 is 0. The van der Waals surface area contributed by atoms with E-state index < -0.39 is 5.91 Å². The fraction of sp³-hybridized carbons (Fsp3) is 0.0909. The quantitative estimate of drug-likeness (QED) is 0.515. The zero-order valence-electron chi connectivity index (χ0n) is 15.4. The highest BCUT2D eigenvalue weighted by molar-refractivity contribution is 6.00. The first kappa shape index (κ1) is 19.1. The van der Waals surface area contributed by atoms with Crippen LogP contribution in [-0.2, 0) is 6.42 Å². The number of primary amides is 1. The van der Waals surface area contributed by atoms with E-state index in [1.807, 2.05) is 25.1 Å². The van der Waals surface area contributed by atoms with Gasteiger partial charge in [-0.25, -0.2) is 14.4 Å². The maximum Gasteiger partial charge on any atom is 0.267 e. The van der Waals surface area contributed by atoms with Gasteiger partial charge in [0.05, 0.1) is 5.52 Å². The molecule has 0 aliphatic heterocycles. The van der Waals surface area contributed by atoms with Gasteiger partial charge in [0.1, 0.15) is 17.8 Å². The molecule has 1 heterocycles. The summed E-state index contributed by atoms with van der Waals surface area (Å²) in [5.41, 5.74) is 9.89. The van der Waals surface area contributed by atoms with Crippen LogP contribution < -0.4 is 5.73 Å². The SMILES string of the molecule is C=NC=N/C=C(\C)Cc1ccc2c(-c3ccc(F)cc3)cc(C(N)=O)nc2c1. The van der Waals surface area contributed by atoms with Crippen molar-refractivity contribution >= 4 is 29.9 Å². The Kier molecular flexibility index (Phi) is 5.69. The number of nitrogens with two attached hydrogens (primary N) is 1. The molecule has 0 fully saturated rings. The average Bonchev–Trinajstić information content (AvgIpc) is 2.67. The van der Waals surface area contributed by atoms with Crippen molar-refractivity contribution in [2.45, 2.75) is 13.3 Å². The van der Waals surface area contributed by atoms with E-state index in [-0.39, 0.29) is 11.5 Å². The van der Waals surface area contributed by atoms with Gasteiger partial charge in [-0.15, -0.1) is 0 Å². The van der Waals surface area contributed by atoms with Gasteiger partial charge in [0.15, 0.2) is 0 Å². The maximum atomic E-state index is 13.3. The summed E-state index contributed by atoms with van der Waals surface area (Å²) in [6.07, 6.45) is 3.76. The Balaban J connectivity index is 2.08. The molecule has 0 radical (unpaired) electrons. The normalized spacial score (nSPS) is 11.9. The second-order valence-corrected chi connectivity index (χ2v) is 6.38. The highest BCUT2D eigenvalue weighted by atomic mass is 19.1. The monoisotopic (exact) mass is 374 g/mol. The first-order chi connectivity index (χ1) is 13.5. The molecule has 0 aliphatic carbocycles. The number of benzene rings is 2. The van der Waals surface area contributed by atoms with Crippen molar-refractivity contribution in [3.05, 3.63) is 77.4 Å². The number of aliphatic imine (C=N–C) groups is 2.